The zero-order chi connectivity index (χ0) is 19.6. The number of esters is 1. The highest BCUT2D eigenvalue weighted by molar-refractivity contribution is 5.90. The molecule has 0 radical (unpaired) electrons. The SMILES string of the molecule is COC(=O)c1c(F)cc(Cc2ccc(C3CCC(C)CC3)cc2F)cc1F. The summed E-state index contributed by atoms with van der Waals surface area (Å²) in [7, 11) is 1.05. The molecule has 0 bridgehead atoms. The minimum absolute atomic E-state index is 0.0447. The Kier molecular flexibility index (Phi) is 5.88. The molecule has 2 aromatic rings. The predicted octanol–water partition coefficient (Wildman–Crippen LogP) is 5.78. The van der Waals surface area contributed by atoms with Crippen LogP contribution in [0.2, 0.25) is 0 Å². The van der Waals surface area contributed by atoms with Gasteiger partial charge in [-0.05, 0) is 59.6 Å². The highest BCUT2D eigenvalue weighted by Crippen LogP contribution is 2.36. The topological polar surface area (TPSA) is 26.3 Å². The van der Waals surface area contributed by atoms with Gasteiger partial charge in [0.2, 0.25) is 0 Å². The van der Waals surface area contributed by atoms with E-state index in [-0.39, 0.29) is 17.8 Å². The van der Waals surface area contributed by atoms with Crippen LogP contribution < -0.4 is 0 Å². The minimum atomic E-state index is -1.08. The second-order valence-corrected chi connectivity index (χ2v) is 7.41. The molecule has 0 spiro atoms. The number of carbonyl (C=O) groups excluding carboxylic acids is 1. The van der Waals surface area contributed by atoms with Crippen molar-refractivity contribution in [2.45, 2.75) is 44.9 Å². The molecule has 0 amide bonds. The average molecular weight is 376 g/mol. The molecule has 3 rings (SSSR count). The van der Waals surface area contributed by atoms with Gasteiger partial charge in [0.05, 0.1) is 7.11 Å². The Hall–Kier alpha value is -2.30. The Morgan fingerprint density at radius 3 is 2.19 bits per heavy atom. The molecular formula is C22H23F3O2. The summed E-state index contributed by atoms with van der Waals surface area (Å²) in [5.41, 5.74) is 0.883. The summed E-state index contributed by atoms with van der Waals surface area (Å²) in [5.74, 6) is -2.37. The third kappa shape index (κ3) is 4.34. The summed E-state index contributed by atoms with van der Waals surface area (Å²) < 4.78 is 47.1. The van der Waals surface area contributed by atoms with E-state index >= 15 is 0 Å². The van der Waals surface area contributed by atoms with Gasteiger partial charge < -0.3 is 4.74 Å². The second-order valence-electron chi connectivity index (χ2n) is 7.41. The average Bonchev–Trinajstić information content (AvgIpc) is 2.63. The first-order chi connectivity index (χ1) is 12.9. The van der Waals surface area contributed by atoms with E-state index in [1.807, 2.05) is 6.07 Å². The Balaban J connectivity index is 1.79. The second kappa shape index (κ2) is 8.15. The highest BCUT2D eigenvalue weighted by Gasteiger charge is 2.22. The van der Waals surface area contributed by atoms with Crippen molar-refractivity contribution in [3.05, 3.63) is 70.0 Å². The van der Waals surface area contributed by atoms with E-state index in [4.69, 9.17) is 0 Å². The molecule has 27 heavy (non-hydrogen) atoms. The number of halogens is 3. The lowest BCUT2D eigenvalue weighted by Crippen LogP contribution is -2.11. The largest absolute Gasteiger partial charge is 0.465 e. The molecule has 0 aromatic heterocycles. The Morgan fingerprint density at radius 2 is 1.63 bits per heavy atom. The zero-order valence-electron chi connectivity index (χ0n) is 15.5. The molecule has 0 N–H and O–H groups in total. The predicted molar refractivity (Wildman–Crippen MR) is 97.3 cm³/mol. The minimum Gasteiger partial charge on any atom is -0.465 e. The van der Waals surface area contributed by atoms with Gasteiger partial charge in [-0.15, -0.1) is 0 Å². The van der Waals surface area contributed by atoms with Crippen molar-refractivity contribution in [3.8, 4) is 0 Å². The molecule has 2 nitrogen and oxygen atoms in total. The summed E-state index contributed by atoms with van der Waals surface area (Å²) >= 11 is 0. The van der Waals surface area contributed by atoms with Gasteiger partial charge in [-0.3, -0.25) is 0 Å². The fourth-order valence-electron chi connectivity index (χ4n) is 3.80. The molecule has 1 fully saturated rings. The Morgan fingerprint density at radius 1 is 1.00 bits per heavy atom. The molecule has 5 heteroatoms. The summed E-state index contributed by atoms with van der Waals surface area (Å²) in [5, 5.41) is 0. The van der Waals surface area contributed by atoms with Crippen LogP contribution in [0.1, 0.15) is 65.6 Å². The number of carbonyl (C=O) groups is 1. The fraction of sp³-hybridized carbons (Fsp3) is 0.409. The number of hydrogen-bond donors (Lipinski definition) is 0. The van der Waals surface area contributed by atoms with Crippen LogP contribution in [0.15, 0.2) is 30.3 Å². The van der Waals surface area contributed by atoms with Gasteiger partial charge in [0, 0.05) is 6.42 Å². The monoisotopic (exact) mass is 376 g/mol. The maximum atomic E-state index is 14.6. The van der Waals surface area contributed by atoms with Crippen LogP contribution in [0.25, 0.3) is 0 Å². The van der Waals surface area contributed by atoms with Crippen molar-refractivity contribution in [3.63, 3.8) is 0 Å². The van der Waals surface area contributed by atoms with Gasteiger partial charge in [0.25, 0.3) is 0 Å². The quantitative estimate of drug-likeness (QED) is 0.633. The van der Waals surface area contributed by atoms with E-state index in [2.05, 4.69) is 11.7 Å². The highest BCUT2D eigenvalue weighted by atomic mass is 19.1. The van der Waals surface area contributed by atoms with Crippen LogP contribution in [0.4, 0.5) is 13.2 Å². The maximum Gasteiger partial charge on any atom is 0.343 e. The van der Waals surface area contributed by atoms with E-state index < -0.39 is 23.2 Å². The Bertz CT molecular complexity index is 816. The fourth-order valence-corrected chi connectivity index (χ4v) is 3.80. The third-order valence-electron chi connectivity index (χ3n) is 5.45. The van der Waals surface area contributed by atoms with E-state index in [0.29, 0.717) is 11.5 Å². The van der Waals surface area contributed by atoms with Gasteiger partial charge in [-0.25, -0.2) is 18.0 Å². The molecule has 144 valence electrons. The lowest BCUT2D eigenvalue weighted by molar-refractivity contribution is 0.0590. The first-order valence-electron chi connectivity index (χ1n) is 9.23. The van der Waals surface area contributed by atoms with Crippen LogP contribution >= 0.6 is 0 Å². The summed E-state index contributed by atoms with van der Waals surface area (Å²) in [6.45, 7) is 2.24. The van der Waals surface area contributed by atoms with Crippen molar-refractivity contribution >= 4 is 5.97 Å². The van der Waals surface area contributed by atoms with Crippen LogP contribution in [-0.2, 0) is 11.2 Å². The van der Waals surface area contributed by atoms with Gasteiger partial charge in [-0.1, -0.05) is 31.9 Å². The number of benzene rings is 2. The summed E-state index contributed by atoms with van der Waals surface area (Å²) in [6, 6.07) is 7.24. The molecule has 0 aliphatic heterocycles. The smallest absolute Gasteiger partial charge is 0.343 e. The molecule has 1 saturated carbocycles. The van der Waals surface area contributed by atoms with E-state index in [1.165, 1.54) is 0 Å². The molecule has 1 aliphatic rings. The molecule has 0 heterocycles. The summed E-state index contributed by atoms with van der Waals surface area (Å²) in [4.78, 5) is 11.4. The van der Waals surface area contributed by atoms with E-state index in [1.54, 1.807) is 12.1 Å². The number of methoxy groups -OCH3 is 1. The number of rotatable bonds is 4. The molecule has 2 aromatic carbocycles. The van der Waals surface area contributed by atoms with Crippen LogP contribution in [0.3, 0.4) is 0 Å². The molecular weight excluding hydrogens is 353 g/mol. The Labute approximate surface area is 157 Å². The normalized spacial score (nSPS) is 19.7. The van der Waals surface area contributed by atoms with Crippen LogP contribution in [0.5, 0.6) is 0 Å². The van der Waals surface area contributed by atoms with Gasteiger partial charge in [0.1, 0.15) is 23.0 Å². The zero-order valence-corrected chi connectivity index (χ0v) is 15.5. The number of hydrogen-bond acceptors (Lipinski definition) is 2. The van der Waals surface area contributed by atoms with Gasteiger partial charge in [0.15, 0.2) is 0 Å². The van der Waals surface area contributed by atoms with E-state index in [9.17, 15) is 18.0 Å². The van der Waals surface area contributed by atoms with Crippen molar-refractivity contribution in [1.82, 2.24) is 0 Å². The van der Waals surface area contributed by atoms with Crippen molar-refractivity contribution in [1.29, 1.82) is 0 Å². The van der Waals surface area contributed by atoms with Crippen molar-refractivity contribution in [2.24, 2.45) is 5.92 Å². The molecule has 0 atom stereocenters. The van der Waals surface area contributed by atoms with Crippen LogP contribution in [-0.4, -0.2) is 13.1 Å². The van der Waals surface area contributed by atoms with Crippen LogP contribution in [0, 0.1) is 23.4 Å². The third-order valence-corrected chi connectivity index (χ3v) is 5.45. The molecule has 1 aliphatic carbocycles. The lowest BCUT2D eigenvalue weighted by atomic mass is 9.79. The molecule has 0 unspecified atom stereocenters. The maximum absolute atomic E-state index is 14.6. The van der Waals surface area contributed by atoms with Crippen molar-refractivity contribution < 1.29 is 22.7 Å². The lowest BCUT2D eigenvalue weighted by Gasteiger charge is -2.26. The first-order valence-corrected chi connectivity index (χ1v) is 9.23. The standard InChI is InChI=1S/C22H23F3O2/c1-13-3-5-15(6-4-13)16-7-8-17(18(23)12-16)9-14-10-19(24)21(20(25)11-14)22(26)27-2/h7-8,10-13,15H,3-6,9H2,1-2H3. The van der Waals surface area contributed by atoms with E-state index in [0.717, 1.165) is 56.4 Å². The van der Waals surface area contributed by atoms with Crippen molar-refractivity contribution in [2.75, 3.05) is 7.11 Å². The molecule has 0 saturated heterocycles. The summed E-state index contributed by atoms with van der Waals surface area (Å²) in [6.07, 6.45) is 4.47. The number of ether oxygens (including phenoxy) is 1. The van der Waals surface area contributed by atoms with Gasteiger partial charge in [-0.2, -0.15) is 0 Å². The van der Waals surface area contributed by atoms with Gasteiger partial charge >= 0.3 is 5.97 Å². The first kappa shape index (κ1) is 19.5.